The van der Waals surface area contributed by atoms with Crippen molar-refractivity contribution in [2.24, 2.45) is 0 Å². The van der Waals surface area contributed by atoms with Crippen molar-refractivity contribution in [1.29, 1.82) is 10.5 Å². The van der Waals surface area contributed by atoms with Gasteiger partial charge < -0.3 is 9.47 Å². The largest absolute Gasteiger partial charge is 1.00 e. The first-order chi connectivity index (χ1) is 7.10. The molecule has 0 aliphatic heterocycles. The zero-order chi connectivity index (χ0) is 11.8. The van der Waals surface area contributed by atoms with E-state index in [1.165, 1.54) is 12.1 Å². The third-order valence-corrected chi connectivity index (χ3v) is 1.34. The van der Waals surface area contributed by atoms with E-state index in [-0.39, 0.29) is 29.6 Å². The van der Waals surface area contributed by atoms with Gasteiger partial charge in [0, 0.05) is 12.1 Å². The second-order valence-corrected chi connectivity index (χ2v) is 2.18. The van der Waals surface area contributed by atoms with Gasteiger partial charge in [0.15, 0.2) is 0 Å². The maximum absolute atomic E-state index is 10.9. The molecule has 0 aliphatic rings. The van der Waals surface area contributed by atoms with E-state index in [4.69, 9.17) is 10.5 Å². The van der Waals surface area contributed by atoms with Gasteiger partial charge in [0.05, 0.1) is 14.2 Å². The molecule has 0 bridgehead atoms. The van der Waals surface area contributed by atoms with E-state index in [2.05, 4.69) is 9.47 Å². The average molecular weight is 230 g/mol. The molecule has 0 radical (unpaired) electrons. The molecule has 0 saturated carbocycles. The van der Waals surface area contributed by atoms with Crippen LogP contribution in [0.1, 0.15) is 0 Å². The molecule has 0 saturated heterocycles. The van der Waals surface area contributed by atoms with Crippen LogP contribution in [0, 0.1) is 28.6 Å². The fourth-order valence-electron chi connectivity index (χ4n) is 0.638. The maximum atomic E-state index is 10.9. The van der Waals surface area contributed by atoms with Gasteiger partial charge in [-0.05, 0) is 11.5 Å². The predicted molar refractivity (Wildman–Crippen MR) is 46.6 cm³/mol. The minimum Gasteiger partial charge on any atom is -0.478 e. The van der Waals surface area contributed by atoms with Gasteiger partial charge in [-0.25, -0.2) is 10.5 Å². The Bertz CT molecular complexity index is 378. The standard InChI is InChI=1S/C9H7N2O4.Na/c1-14-8(12)6(4-10)3-7(5-11)9(13)15-2;/h3H,1-2H3;/q-1;+1/b6-3-;. The maximum Gasteiger partial charge on any atom is 1.00 e. The van der Waals surface area contributed by atoms with Crippen LogP contribution in [0.3, 0.4) is 0 Å². The van der Waals surface area contributed by atoms with Crippen molar-refractivity contribution in [3.05, 3.63) is 17.6 Å². The van der Waals surface area contributed by atoms with Crippen molar-refractivity contribution in [2.75, 3.05) is 14.2 Å². The Morgan fingerprint density at radius 2 is 1.81 bits per heavy atom. The number of carbonyl (C=O) groups is 2. The molecule has 0 aromatic carbocycles. The van der Waals surface area contributed by atoms with Crippen LogP contribution in [0.25, 0.3) is 0 Å². The van der Waals surface area contributed by atoms with Crippen molar-refractivity contribution in [2.45, 2.75) is 0 Å². The van der Waals surface area contributed by atoms with Crippen molar-refractivity contribution < 1.29 is 48.6 Å². The van der Waals surface area contributed by atoms with Gasteiger partial charge in [0.25, 0.3) is 11.9 Å². The number of rotatable bonds is 3. The summed E-state index contributed by atoms with van der Waals surface area (Å²) in [4.78, 5) is 21.8. The summed E-state index contributed by atoms with van der Waals surface area (Å²) in [5, 5.41) is 17.1. The summed E-state index contributed by atoms with van der Waals surface area (Å²) in [7, 11) is 2.16. The summed E-state index contributed by atoms with van der Waals surface area (Å²) in [6, 6.07) is 3.01. The van der Waals surface area contributed by atoms with Gasteiger partial charge in [-0.15, -0.1) is 0 Å². The van der Waals surface area contributed by atoms with E-state index in [1.54, 1.807) is 0 Å². The number of methoxy groups -OCH3 is 2. The Morgan fingerprint density at radius 1 is 1.25 bits per heavy atom. The van der Waals surface area contributed by atoms with Crippen LogP contribution < -0.4 is 29.6 Å². The number of nitriles is 2. The smallest absolute Gasteiger partial charge is 0.478 e. The summed E-state index contributed by atoms with van der Waals surface area (Å²) >= 11 is 0. The number of hydrogen-bond acceptors (Lipinski definition) is 6. The van der Waals surface area contributed by atoms with E-state index >= 15 is 0 Å². The second-order valence-electron chi connectivity index (χ2n) is 2.18. The molecule has 0 N–H and O–H groups in total. The van der Waals surface area contributed by atoms with Gasteiger partial charge in [-0.2, -0.15) is 6.08 Å². The first kappa shape index (κ1) is 16.9. The van der Waals surface area contributed by atoms with E-state index < -0.39 is 23.4 Å². The Morgan fingerprint density at radius 3 is 2.12 bits per heavy atom. The van der Waals surface area contributed by atoms with Crippen LogP contribution in [0.15, 0.2) is 11.6 Å². The Balaban J connectivity index is 0. The zero-order valence-electron chi connectivity index (χ0n) is 9.10. The van der Waals surface area contributed by atoms with E-state index in [9.17, 15) is 9.59 Å². The van der Waals surface area contributed by atoms with Crippen LogP contribution >= 0.6 is 0 Å². The quantitative estimate of drug-likeness (QED) is 0.167. The molecule has 6 nitrogen and oxygen atoms in total. The molecule has 16 heavy (non-hydrogen) atoms. The van der Waals surface area contributed by atoms with Crippen molar-refractivity contribution in [1.82, 2.24) is 0 Å². The normalized spacial score (nSPS) is 8.88. The third kappa shape index (κ3) is 4.85. The zero-order valence-corrected chi connectivity index (χ0v) is 11.1. The first-order valence-electron chi connectivity index (χ1n) is 3.66. The number of carbonyl (C=O) groups excluding carboxylic acids is 2. The summed E-state index contributed by atoms with van der Waals surface area (Å²) < 4.78 is 8.51. The van der Waals surface area contributed by atoms with Gasteiger partial charge in [-0.1, -0.05) is 0 Å². The van der Waals surface area contributed by atoms with Crippen molar-refractivity contribution in [3.8, 4) is 12.1 Å². The molecule has 0 aromatic rings. The van der Waals surface area contributed by atoms with Crippen molar-refractivity contribution in [3.63, 3.8) is 0 Å². The molecule has 0 fully saturated rings. The second kappa shape index (κ2) is 8.81. The van der Waals surface area contributed by atoms with E-state index in [0.29, 0.717) is 0 Å². The molecular formula is C9H7N2NaO4. The molecule has 0 aromatic heterocycles. The molecule has 0 rings (SSSR count). The van der Waals surface area contributed by atoms with Crippen molar-refractivity contribution >= 4 is 11.9 Å². The van der Waals surface area contributed by atoms with Gasteiger partial charge in [-0.3, -0.25) is 9.59 Å². The van der Waals surface area contributed by atoms with E-state index in [0.717, 1.165) is 20.3 Å². The first-order valence-corrected chi connectivity index (χ1v) is 3.66. The summed E-state index contributed by atoms with van der Waals surface area (Å²) in [5.41, 5.74) is -0.445. The molecular weight excluding hydrogens is 223 g/mol. The Hall–Kier alpha value is -1.47. The van der Waals surface area contributed by atoms with Gasteiger partial charge in [0.2, 0.25) is 0 Å². The monoisotopic (exact) mass is 230 g/mol. The number of esters is 2. The number of ether oxygens (including phenoxy) is 2. The van der Waals surface area contributed by atoms with E-state index in [1.807, 2.05) is 0 Å². The fourth-order valence-corrected chi connectivity index (χ4v) is 0.638. The third-order valence-electron chi connectivity index (χ3n) is 1.34. The molecule has 0 heterocycles. The van der Waals surface area contributed by atoms with Gasteiger partial charge >= 0.3 is 29.6 Å². The molecule has 0 amide bonds. The summed E-state index contributed by atoms with van der Waals surface area (Å²) in [6.45, 7) is 0. The molecule has 0 aliphatic carbocycles. The molecule has 0 unspecified atom stereocenters. The molecule has 0 spiro atoms. The fraction of sp³-hybridized carbons (Fsp3) is 0.222. The van der Waals surface area contributed by atoms with Crippen LogP contribution in [0.5, 0.6) is 0 Å². The minimum absolute atomic E-state index is 0. The van der Waals surface area contributed by atoms with Crippen LogP contribution in [0.2, 0.25) is 0 Å². The van der Waals surface area contributed by atoms with Crippen LogP contribution in [0.4, 0.5) is 0 Å². The minimum atomic E-state index is -0.922. The van der Waals surface area contributed by atoms with Crippen LogP contribution in [-0.4, -0.2) is 26.2 Å². The summed E-state index contributed by atoms with van der Waals surface area (Å²) in [5.74, 6) is -2.29. The Labute approximate surface area is 115 Å². The SMILES string of the molecule is COC(=O)/C(C#N)=C\[C-](C#N)C(=O)OC.[Na+]. The van der Waals surface area contributed by atoms with Crippen LogP contribution in [-0.2, 0) is 19.1 Å². The topological polar surface area (TPSA) is 100 Å². The number of nitrogens with zero attached hydrogens (tertiary/aromatic N) is 2. The predicted octanol–water partition coefficient (Wildman–Crippen LogP) is -3.12. The summed E-state index contributed by atoms with van der Waals surface area (Å²) in [6.07, 6.45) is 0.817. The Kier molecular flexibility index (Phi) is 9.33. The molecule has 7 heteroatoms. The van der Waals surface area contributed by atoms with Gasteiger partial charge in [0.1, 0.15) is 0 Å². The average Bonchev–Trinajstić information content (AvgIpc) is 2.28. The number of hydrogen-bond donors (Lipinski definition) is 0. The molecule has 0 atom stereocenters. The molecule has 78 valence electrons.